The summed E-state index contributed by atoms with van der Waals surface area (Å²) < 4.78 is 0. The molecule has 0 fully saturated rings. The summed E-state index contributed by atoms with van der Waals surface area (Å²) in [6, 6.07) is 3.19. The normalized spacial score (nSPS) is 13.3. The molecule has 0 saturated heterocycles. The number of rotatable bonds is 8. The fraction of sp³-hybridized carbons (Fsp3) is 0.500. The molecular weight excluding hydrogens is 208 g/mol. The van der Waals surface area contributed by atoms with E-state index in [1.54, 1.807) is 0 Å². The lowest BCUT2D eigenvalue weighted by molar-refractivity contribution is 0.976. The van der Waals surface area contributed by atoms with Gasteiger partial charge in [-0.15, -0.1) is 31.3 Å². The van der Waals surface area contributed by atoms with Crippen molar-refractivity contribution in [2.75, 3.05) is 0 Å². The van der Waals surface area contributed by atoms with E-state index in [0.29, 0.717) is 5.00 Å². The van der Waals surface area contributed by atoms with E-state index in [0.717, 1.165) is 24.6 Å². The summed E-state index contributed by atoms with van der Waals surface area (Å²) in [5.74, 6) is 0. The number of hydrogen-bond acceptors (Lipinski definition) is 0. The van der Waals surface area contributed by atoms with Crippen molar-refractivity contribution in [1.29, 1.82) is 0 Å². The molecule has 0 spiro atoms. The van der Waals surface area contributed by atoms with Gasteiger partial charge in [0, 0.05) is 5.00 Å². The zero-order valence-electron chi connectivity index (χ0n) is 9.14. The molecule has 0 heterocycles. The van der Waals surface area contributed by atoms with E-state index in [1.165, 1.54) is 0 Å². The Labute approximate surface area is 94.4 Å². The van der Waals surface area contributed by atoms with Crippen molar-refractivity contribution in [3.8, 4) is 0 Å². The second kappa shape index (κ2) is 7.08. The van der Waals surface area contributed by atoms with Gasteiger partial charge in [-0.25, -0.2) is 0 Å². The van der Waals surface area contributed by atoms with Crippen LogP contribution < -0.4 is 0 Å². The first kappa shape index (κ1) is 13.7. The highest BCUT2D eigenvalue weighted by molar-refractivity contribution is 6.88. The van der Waals surface area contributed by atoms with Crippen LogP contribution in [0.25, 0.3) is 0 Å². The predicted molar refractivity (Wildman–Crippen MR) is 70.7 cm³/mol. The molecule has 0 aromatic heterocycles. The minimum absolute atomic E-state index is 0.302. The van der Waals surface area contributed by atoms with Gasteiger partial charge in [0.05, 0.1) is 8.07 Å². The average Bonchev–Trinajstić information content (AvgIpc) is 2.17. The van der Waals surface area contributed by atoms with E-state index in [4.69, 9.17) is 11.6 Å². The fourth-order valence-electron chi connectivity index (χ4n) is 1.93. The third-order valence-corrected chi connectivity index (χ3v) is 9.42. The molecular formula is C12H21ClSi. The highest BCUT2D eigenvalue weighted by atomic mass is 35.5. The molecule has 0 aromatic rings. The molecule has 2 heteroatoms. The molecule has 0 nitrogen and oxygen atoms in total. The molecule has 0 aliphatic rings. The predicted octanol–water partition coefficient (Wildman–Crippen LogP) is 4.55. The maximum absolute atomic E-state index is 6.44. The third kappa shape index (κ3) is 3.47. The minimum Gasteiger partial charge on any atom is -0.126 e. The highest BCUT2D eigenvalue weighted by Crippen LogP contribution is 2.31. The van der Waals surface area contributed by atoms with Crippen LogP contribution in [-0.2, 0) is 0 Å². The van der Waals surface area contributed by atoms with Gasteiger partial charge < -0.3 is 0 Å². The molecule has 1 atom stereocenters. The summed E-state index contributed by atoms with van der Waals surface area (Å²) >= 11 is 6.44. The summed E-state index contributed by atoms with van der Waals surface area (Å²) in [5, 5.41) is 0.302. The van der Waals surface area contributed by atoms with Gasteiger partial charge >= 0.3 is 0 Å². The van der Waals surface area contributed by atoms with Crippen LogP contribution in [0.15, 0.2) is 38.0 Å². The van der Waals surface area contributed by atoms with Crippen molar-refractivity contribution in [3.63, 3.8) is 0 Å². The average molecular weight is 229 g/mol. The van der Waals surface area contributed by atoms with Gasteiger partial charge in [0.25, 0.3) is 0 Å². The number of alkyl halides is 1. The molecule has 14 heavy (non-hydrogen) atoms. The van der Waals surface area contributed by atoms with Gasteiger partial charge in [0.1, 0.15) is 0 Å². The molecule has 0 bridgehead atoms. The van der Waals surface area contributed by atoms with E-state index in [-0.39, 0.29) is 0 Å². The Balaban J connectivity index is 4.78. The lowest BCUT2D eigenvalue weighted by Crippen LogP contribution is -2.42. The summed E-state index contributed by atoms with van der Waals surface area (Å²) in [5.41, 5.74) is 0. The van der Waals surface area contributed by atoms with E-state index in [1.807, 2.05) is 18.2 Å². The summed E-state index contributed by atoms with van der Waals surface area (Å²) in [7, 11) is -1.49. The van der Waals surface area contributed by atoms with Crippen LogP contribution >= 0.6 is 11.6 Å². The van der Waals surface area contributed by atoms with Gasteiger partial charge in [-0.05, 0) is 24.6 Å². The molecule has 0 radical (unpaired) electrons. The maximum Gasteiger partial charge on any atom is 0.0849 e. The largest absolute Gasteiger partial charge is 0.126 e. The molecule has 0 aliphatic carbocycles. The maximum atomic E-state index is 6.44. The van der Waals surface area contributed by atoms with Gasteiger partial charge in [0.15, 0.2) is 0 Å². The van der Waals surface area contributed by atoms with Crippen LogP contribution in [0.1, 0.15) is 13.3 Å². The quantitative estimate of drug-likeness (QED) is 0.325. The Morgan fingerprint density at radius 1 is 1.07 bits per heavy atom. The smallest absolute Gasteiger partial charge is 0.0849 e. The summed E-state index contributed by atoms with van der Waals surface area (Å²) in [6.07, 6.45) is 7.04. The summed E-state index contributed by atoms with van der Waals surface area (Å²) in [6.45, 7) is 13.7. The molecule has 0 rings (SSSR count). The first-order valence-electron chi connectivity index (χ1n) is 5.13. The van der Waals surface area contributed by atoms with Crippen LogP contribution in [0, 0.1) is 0 Å². The monoisotopic (exact) mass is 228 g/mol. The molecule has 0 N–H and O–H groups in total. The van der Waals surface area contributed by atoms with Gasteiger partial charge in [-0.3, -0.25) is 0 Å². The lowest BCUT2D eigenvalue weighted by atomic mass is 10.6. The van der Waals surface area contributed by atoms with Crippen molar-refractivity contribution in [3.05, 3.63) is 38.0 Å². The first-order valence-corrected chi connectivity index (χ1v) is 8.27. The summed E-state index contributed by atoms with van der Waals surface area (Å²) in [4.78, 5) is 0. The molecule has 1 unspecified atom stereocenters. The van der Waals surface area contributed by atoms with Gasteiger partial charge in [-0.2, -0.15) is 0 Å². The zero-order valence-corrected chi connectivity index (χ0v) is 10.9. The molecule has 0 aromatic carbocycles. The van der Waals surface area contributed by atoms with Crippen LogP contribution in [0.2, 0.25) is 18.1 Å². The van der Waals surface area contributed by atoms with E-state index in [2.05, 4.69) is 26.7 Å². The second-order valence-electron chi connectivity index (χ2n) is 3.72. The second-order valence-corrected chi connectivity index (χ2v) is 9.26. The Morgan fingerprint density at radius 2 is 1.43 bits per heavy atom. The lowest BCUT2D eigenvalue weighted by Gasteiger charge is -2.33. The molecule has 80 valence electrons. The van der Waals surface area contributed by atoms with Gasteiger partial charge in [-0.1, -0.05) is 25.2 Å². The highest BCUT2D eigenvalue weighted by Gasteiger charge is 2.35. The van der Waals surface area contributed by atoms with Crippen molar-refractivity contribution in [2.45, 2.75) is 36.5 Å². The van der Waals surface area contributed by atoms with Crippen molar-refractivity contribution >= 4 is 19.7 Å². The van der Waals surface area contributed by atoms with Crippen LogP contribution in [-0.4, -0.2) is 13.1 Å². The fourth-order valence-corrected chi connectivity index (χ4v) is 6.59. The van der Waals surface area contributed by atoms with Crippen molar-refractivity contribution < 1.29 is 0 Å². The van der Waals surface area contributed by atoms with Crippen LogP contribution in [0.3, 0.4) is 0 Å². The van der Waals surface area contributed by atoms with E-state index >= 15 is 0 Å². The Kier molecular flexibility index (Phi) is 6.94. The minimum atomic E-state index is -1.49. The van der Waals surface area contributed by atoms with Crippen molar-refractivity contribution in [2.24, 2.45) is 0 Å². The van der Waals surface area contributed by atoms with E-state index in [9.17, 15) is 0 Å². The molecule has 0 saturated carbocycles. The topological polar surface area (TPSA) is 0 Å². The number of halogens is 1. The van der Waals surface area contributed by atoms with Gasteiger partial charge in [0.2, 0.25) is 0 Å². The Bertz CT molecular complexity index is 172. The van der Waals surface area contributed by atoms with Crippen molar-refractivity contribution in [1.82, 2.24) is 0 Å². The Morgan fingerprint density at radius 3 is 1.64 bits per heavy atom. The van der Waals surface area contributed by atoms with Crippen LogP contribution in [0.4, 0.5) is 0 Å². The zero-order chi connectivity index (χ0) is 11.0. The third-order valence-electron chi connectivity index (χ3n) is 2.68. The SMILES string of the molecule is C=CC[Si](CC=C)(CC=C)C(Cl)CC. The number of hydrogen-bond donors (Lipinski definition) is 0. The van der Waals surface area contributed by atoms with E-state index < -0.39 is 8.07 Å². The number of allylic oxidation sites excluding steroid dienone is 3. The molecule has 0 amide bonds. The standard InChI is InChI=1S/C12H21ClSi/c1-5-9-14(10-6-2,11-7-3)12(13)8-4/h5-7,12H,1-3,8-11H2,4H3. The first-order chi connectivity index (χ1) is 6.66. The van der Waals surface area contributed by atoms with Crippen LogP contribution in [0.5, 0.6) is 0 Å². The Hall–Kier alpha value is -0.273. The molecule has 0 aliphatic heterocycles.